The minimum Gasteiger partial charge on any atom is -0.496 e. The third-order valence-electron chi connectivity index (χ3n) is 3.25. The van der Waals surface area contributed by atoms with E-state index in [9.17, 15) is 0 Å². The molecule has 0 fully saturated rings. The Labute approximate surface area is 122 Å². The van der Waals surface area contributed by atoms with E-state index in [1.807, 2.05) is 24.3 Å². The third-order valence-corrected chi connectivity index (χ3v) is 3.25. The van der Waals surface area contributed by atoms with Crippen LogP contribution in [0.3, 0.4) is 0 Å². The van der Waals surface area contributed by atoms with Crippen LogP contribution in [0.15, 0.2) is 42.7 Å². The first-order valence-electron chi connectivity index (χ1n) is 6.45. The van der Waals surface area contributed by atoms with Crippen LogP contribution in [0, 0.1) is 0 Å². The molecule has 0 unspecified atom stereocenters. The van der Waals surface area contributed by atoms with E-state index in [4.69, 9.17) is 10.5 Å². The molecule has 0 bridgehead atoms. The molecule has 3 aromatic rings. The van der Waals surface area contributed by atoms with Gasteiger partial charge in [-0.3, -0.25) is 4.68 Å². The third kappa shape index (κ3) is 2.20. The van der Waals surface area contributed by atoms with Gasteiger partial charge in [-0.05, 0) is 12.1 Å². The van der Waals surface area contributed by atoms with Gasteiger partial charge < -0.3 is 10.5 Å². The average Bonchev–Trinajstić information content (AvgIpc) is 2.83. The van der Waals surface area contributed by atoms with Crippen molar-refractivity contribution in [3.63, 3.8) is 0 Å². The predicted molar refractivity (Wildman–Crippen MR) is 80.6 cm³/mol. The lowest BCUT2D eigenvalue weighted by atomic mass is 10.0. The molecule has 6 nitrogen and oxygen atoms in total. The van der Waals surface area contributed by atoms with E-state index in [2.05, 4.69) is 15.1 Å². The maximum Gasteiger partial charge on any atom is 0.180 e. The van der Waals surface area contributed by atoms with Gasteiger partial charge in [0.05, 0.1) is 12.7 Å². The summed E-state index contributed by atoms with van der Waals surface area (Å²) in [5.74, 6) is 1.81. The zero-order valence-corrected chi connectivity index (χ0v) is 11.8. The number of aromatic nitrogens is 4. The summed E-state index contributed by atoms with van der Waals surface area (Å²) in [6.07, 6.45) is 3.36. The van der Waals surface area contributed by atoms with Crippen LogP contribution in [0.2, 0.25) is 0 Å². The van der Waals surface area contributed by atoms with Crippen LogP contribution in [-0.2, 0) is 7.05 Å². The van der Waals surface area contributed by atoms with E-state index in [1.165, 1.54) is 0 Å². The normalized spacial score (nSPS) is 10.6. The van der Waals surface area contributed by atoms with Crippen molar-refractivity contribution >= 4 is 5.82 Å². The van der Waals surface area contributed by atoms with Gasteiger partial charge in [-0.2, -0.15) is 5.10 Å². The molecule has 0 aliphatic rings. The van der Waals surface area contributed by atoms with Crippen LogP contribution < -0.4 is 10.5 Å². The first-order valence-corrected chi connectivity index (χ1v) is 6.45. The molecule has 0 atom stereocenters. The van der Waals surface area contributed by atoms with Gasteiger partial charge in [-0.1, -0.05) is 18.2 Å². The molecule has 0 aliphatic carbocycles. The Kier molecular flexibility index (Phi) is 3.27. The lowest BCUT2D eigenvalue weighted by molar-refractivity contribution is 0.416. The highest BCUT2D eigenvalue weighted by Crippen LogP contribution is 2.39. The second-order valence-electron chi connectivity index (χ2n) is 4.51. The topological polar surface area (TPSA) is 78.9 Å². The summed E-state index contributed by atoms with van der Waals surface area (Å²) in [4.78, 5) is 8.52. The lowest BCUT2D eigenvalue weighted by Crippen LogP contribution is -1.98. The predicted octanol–water partition coefficient (Wildman–Crippen LogP) is 2.13. The molecule has 0 aliphatic heterocycles. The van der Waals surface area contributed by atoms with Crippen molar-refractivity contribution in [1.82, 2.24) is 19.7 Å². The lowest BCUT2D eigenvalue weighted by Gasteiger charge is -2.09. The van der Waals surface area contributed by atoms with Crippen molar-refractivity contribution in [1.29, 1.82) is 0 Å². The van der Waals surface area contributed by atoms with Crippen molar-refractivity contribution in [2.45, 2.75) is 0 Å². The smallest absolute Gasteiger partial charge is 0.180 e. The number of hydrogen-bond donors (Lipinski definition) is 1. The summed E-state index contributed by atoms with van der Waals surface area (Å²) < 4.78 is 7.04. The number of para-hydroxylation sites is 1. The van der Waals surface area contributed by atoms with Crippen LogP contribution in [0.4, 0.5) is 5.82 Å². The Bertz CT molecular complexity index is 767. The molecule has 0 amide bonds. The summed E-state index contributed by atoms with van der Waals surface area (Å²) in [7, 11) is 3.42. The standard InChI is InChI=1S/C15H15N5O/c1-20-14(16)12(10-6-3-4-7-11(10)21-2)13(19-20)15-17-8-5-9-18-15/h3-9H,16H2,1-2H3. The fourth-order valence-electron chi connectivity index (χ4n) is 2.23. The maximum absolute atomic E-state index is 6.19. The molecule has 106 valence electrons. The van der Waals surface area contributed by atoms with E-state index < -0.39 is 0 Å². The molecule has 21 heavy (non-hydrogen) atoms. The first-order chi connectivity index (χ1) is 10.2. The van der Waals surface area contributed by atoms with Gasteiger partial charge in [0, 0.05) is 25.0 Å². The summed E-state index contributed by atoms with van der Waals surface area (Å²) in [5, 5.41) is 4.44. The summed E-state index contributed by atoms with van der Waals surface area (Å²) in [6.45, 7) is 0. The fourth-order valence-corrected chi connectivity index (χ4v) is 2.23. The Morgan fingerprint density at radius 2 is 1.81 bits per heavy atom. The monoisotopic (exact) mass is 281 g/mol. The number of methoxy groups -OCH3 is 1. The quantitative estimate of drug-likeness (QED) is 0.795. The van der Waals surface area contributed by atoms with Gasteiger partial charge in [0.2, 0.25) is 0 Å². The number of benzene rings is 1. The highest BCUT2D eigenvalue weighted by atomic mass is 16.5. The molecule has 2 N–H and O–H groups in total. The summed E-state index contributed by atoms with van der Waals surface area (Å²) >= 11 is 0. The van der Waals surface area contributed by atoms with Crippen molar-refractivity contribution < 1.29 is 4.74 Å². The van der Waals surface area contributed by atoms with Crippen molar-refractivity contribution in [3.05, 3.63) is 42.7 Å². The fraction of sp³-hybridized carbons (Fsp3) is 0.133. The Hall–Kier alpha value is -2.89. The van der Waals surface area contributed by atoms with Crippen molar-refractivity contribution in [2.75, 3.05) is 12.8 Å². The second-order valence-corrected chi connectivity index (χ2v) is 4.51. The van der Waals surface area contributed by atoms with Gasteiger partial charge in [0.1, 0.15) is 17.3 Å². The zero-order valence-electron chi connectivity index (χ0n) is 11.8. The molecule has 0 saturated carbocycles. The van der Waals surface area contributed by atoms with E-state index in [-0.39, 0.29) is 0 Å². The molecule has 0 saturated heterocycles. The number of nitrogen functional groups attached to an aromatic ring is 1. The van der Waals surface area contributed by atoms with E-state index in [0.717, 1.165) is 16.9 Å². The van der Waals surface area contributed by atoms with Crippen LogP contribution in [0.25, 0.3) is 22.6 Å². The minimum absolute atomic E-state index is 0.533. The molecule has 6 heteroatoms. The maximum atomic E-state index is 6.19. The molecule has 3 rings (SSSR count). The SMILES string of the molecule is COc1ccccc1-c1c(-c2ncccn2)nn(C)c1N. The molecule has 2 aromatic heterocycles. The summed E-state index contributed by atoms with van der Waals surface area (Å²) in [5.41, 5.74) is 8.47. The number of nitrogens with zero attached hydrogens (tertiary/aromatic N) is 4. The molecule has 0 spiro atoms. The van der Waals surface area contributed by atoms with Gasteiger partial charge in [-0.25, -0.2) is 9.97 Å². The van der Waals surface area contributed by atoms with E-state index in [1.54, 1.807) is 37.3 Å². The molecular formula is C15H15N5O. The molecular weight excluding hydrogens is 266 g/mol. The largest absolute Gasteiger partial charge is 0.496 e. The van der Waals surface area contributed by atoms with Gasteiger partial charge >= 0.3 is 0 Å². The van der Waals surface area contributed by atoms with Gasteiger partial charge in [0.25, 0.3) is 0 Å². The van der Waals surface area contributed by atoms with Crippen LogP contribution >= 0.6 is 0 Å². The van der Waals surface area contributed by atoms with Crippen molar-refractivity contribution in [3.8, 4) is 28.4 Å². The highest BCUT2D eigenvalue weighted by Gasteiger charge is 2.21. The number of ether oxygens (including phenoxy) is 1. The number of anilines is 1. The second kappa shape index (κ2) is 5.24. The highest BCUT2D eigenvalue weighted by molar-refractivity contribution is 5.88. The first kappa shape index (κ1) is 13.1. The molecule has 0 radical (unpaired) electrons. The number of hydrogen-bond acceptors (Lipinski definition) is 5. The van der Waals surface area contributed by atoms with Crippen LogP contribution in [-0.4, -0.2) is 26.9 Å². The number of rotatable bonds is 3. The van der Waals surface area contributed by atoms with Crippen LogP contribution in [0.5, 0.6) is 5.75 Å². The Morgan fingerprint density at radius 1 is 1.10 bits per heavy atom. The van der Waals surface area contributed by atoms with E-state index >= 15 is 0 Å². The minimum atomic E-state index is 0.533. The van der Waals surface area contributed by atoms with Gasteiger partial charge in [0.15, 0.2) is 5.82 Å². The average molecular weight is 281 g/mol. The van der Waals surface area contributed by atoms with Crippen LogP contribution in [0.1, 0.15) is 0 Å². The Morgan fingerprint density at radius 3 is 2.52 bits per heavy atom. The zero-order chi connectivity index (χ0) is 14.8. The molecule has 2 heterocycles. The Balaban J connectivity index is 2.28. The molecule has 1 aromatic carbocycles. The number of aryl methyl sites for hydroxylation is 1. The van der Waals surface area contributed by atoms with Gasteiger partial charge in [-0.15, -0.1) is 0 Å². The number of nitrogens with two attached hydrogens (primary N) is 1. The summed E-state index contributed by atoms with van der Waals surface area (Å²) in [6, 6.07) is 9.43. The van der Waals surface area contributed by atoms with E-state index in [0.29, 0.717) is 17.3 Å². The van der Waals surface area contributed by atoms with Crippen molar-refractivity contribution in [2.24, 2.45) is 7.05 Å².